The summed E-state index contributed by atoms with van der Waals surface area (Å²) in [6.45, 7) is 0.865. The molecule has 0 spiro atoms. The fourth-order valence-corrected chi connectivity index (χ4v) is 0.984. The highest BCUT2D eigenvalue weighted by molar-refractivity contribution is 5.75. The summed E-state index contributed by atoms with van der Waals surface area (Å²) in [5.74, 6) is -0.165. The van der Waals surface area contributed by atoms with Crippen LogP contribution in [0, 0.1) is 0 Å². The summed E-state index contributed by atoms with van der Waals surface area (Å²) >= 11 is 0. The number of methoxy groups -OCH3 is 1. The highest BCUT2D eigenvalue weighted by atomic mass is 16.5. The number of aliphatic hydroxyl groups excluding tert-OH is 1. The molecule has 1 amide bonds. The van der Waals surface area contributed by atoms with Gasteiger partial charge in [-0.2, -0.15) is 0 Å². The molecular weight excluding hydrogens is 200 g/mol. The van der Waals surface area contributed by atoms with E-state index in [-0.39, 0.29) is 19.1 Å². The van der Waals surface area contributed by atoms with E-state index in [1.807, 2.05) is 0 Å². The summed E-state index contributed by atoms with van der Waals surface area (Å²) in [6.07, 6.45) is 1.52. The van der Waals surface area contributed by atoms with Crippen molar-refractivity contribution < 1.29 is 14.6 Å². The summed E-state index contributed by atoms with van der Waals surface area (Å²) in [7, 11) is 1.57. The fourth-order valence-electron chi connectivity index (χ4n) is 0.984. The highest BCUT2D eigenvalue weighted by Crippen LogP contribution is 1.91. The van der Waals surface area contributed by atoms with Crippen LogP contribution in [0.3, 0.4) is 0 Å². The SMILES string of the molecule is COCCNC(=O)Cn1cc(CO)nn1. The van der Waals surface area contributed by atoms with Crippen LogP contribution in [0.2, 0.25) is 0 Å². The van der Waals surface area contributed by atoms with Crippen molar-refractivity contribution >= 4 is 5.91 Å². The van der Waals surface area contributed by atoms with Crippen LogP contribution < -0.4 is 5.32 Å². The molecule has 0 fully saturated rings. The van der Waals surface area contributed by atoms with Crippen molar-refractivity contribution in [2.45, 2.75) is 13.2 Å². The molecule has 0 aliphatic rings. The number of carbonyl (C=O) groups is 1. The average molecular weight is 214 g/mol. The Morgan fingerprint density at radius 3 is 3.13 bits per heavy atom. The van der Waals surface area contributed by atoms with Crippen LogP contribution in [0.5, 0.6) is 0 Å². The molecule has 7 heteroatoms. The van der Waals surface area contributed by atoms with Gasteiger partial charge in [0.25, 0.3) is 0 Å². The van der Waals surface area contributed by atoms with Gasteiger partial charge in [0.15, 0.2) is 0 Å². The smallest absolute Gasteiger partial charge is 0.241 e. The van der Waals surface area contributed by atoms with Crippen LogP contribution in [0.15, 0.2) is 6.20 Å². The van der Waals surface area contributed by atoms with E-state index in [9.17, 15) is 4.79 Å². The number of amides is 1. The molecule has 1 heterocycles. The number of hydrogen-bond acceptors (Lipinski definition) is 5. The van der Waals surface area contributed by atoms with Gasteiger partial charge in [-0.3, -0.25) is 4.79 Å². The number of carbonyl (C=O) groups excluding carboxylic acids is 1. The molecule has 0 radical (unpaired) electrons. The standard InChI is InChI=1S/C8H14N4O3/c1-15-3-2-9-8(14)5-12-4-7(6-13)10-11-12/h4,13H,2-3,5-6H2,1H3,(H,9,14). The van der Waals surface area contributed by atoms with E-state index in [0.717, 1.165) is 0 Å². The normalized spacial score (nSPS) is 10.3. The molecule has 0 aliphatic carbocycles. The van der Waals surface area contributed by atoms with Crippen molar-refractivity contribution in [2.75, 3.05) is 20.3 Å². The lowest BCUT2D eigenvalue weighted by Gasteiger charge is -2.03. The van der Waals surface area contributed by atoms with E-state index in [4.69, 9.17) is 9.84 Å². The Hall–Kier alpha value is -1.47. The van der Waals surface area contributed by atoms with Gasteiger partial charge in [0.05, 0.1) is 19.4 Å². The van der Waals surface area contributed by atoms with Gasteiger partial charge >= 0.3 is 0 Å². The average Bonchev–Trinajstić information content (AvgIpc) is 2.66. The van der Waals surface area contributed by atoms with Crippen molar-refractivity contribution in [1.29, 1.82) is 0 Å². The van der Waals surface area contributed by atoms with Gasteiger partial charge in [0, 0.05) is 13.7 Å². The number of ether oxygens (including phenoxy) is 1. The molecule has 0 aromatic carbocycles. The molecule has 0 saturated carbocycles. The second-order valence-corrected chi connectivity index (χ2v) is 2.91. The van der Waals surface area contributed by atoms with Crippen LogP contribution in [0.4, 0.5) is 0 Å². The first kappa shape index (κ1) is 11.6. The maximum atomic E-state index is 11.3. The van der Waals surface area contributed by atoms with Crippen LogP contribution in [0.1, 0.15) is 5.69 Å². The molecule has 0 bridgehead atoms. The highest BCUT2D eigenvalue weighted by Gasteiger charge is 2.04. The lowest BCUT2D eigenvalue weighted by atomic mass is 10.5. The lowest BCUT2D eigenvalue weighted by Crippen LogP contribution is -2.30. The summed E-state index contributed by atoms with van der Waals surface area (Å²) in [4.78, 5) is 11.3. The first-order valence-electron chi connectivity index (χ1n) is 4.51. The number of nitrogens with one attached hydrogen (secondary N) is 1. The van der Waals surface area contributed by atoms with Crippen molar-refractivity contribution in [3.8, 4) is 0 Å². The Morgan fingerprint density at radius 1 is 1.73 bits per heavy atom. The van der Waals surface area contributed by atoms with E-state index in [1.54, 1.807) is 7.11 Å². The molecule has 15 heavy (non-hydrogen) atoms. The number of hydrogen-bond donors (Lipinski definition) is 2. The molecule has 0 atom stereocenters. The molecule has 0 aliphatic heterocycles. The van der Waals surface area contributed by atoms with Gasteiger partial charge in [-0.1, -0.05) is 5.21 Å². The molecule has 7 nitrogen and oxygen atoms in total. The first-order chi connectivity index (χ1) is 7.26. The van der Waals surface area contributed by atoms with Gasteiger partial charge in [-0.25, -0.2) is 4.68 Å². The zero-order chi connectivity index (χ0) is 11.1. The molecule has 1 aromatic rings. The molecule has 2 N–H and O–H groups in total. The Morgan fingerprint density at radius 2 is 2.53 bits per heavy atom. The van der Waals surface area contributed by atoms with E-state index in [0.29, 0.717) is 18.8 Å². The minimum Gasteiger partial charge on any atom is -0.390 e. The van der Waals surface area contributed by atoms with Gasteiger partial charge in [0.2, 0.25) is 5.91 Å². The molecule has 84 valence electrons. The van der Waals surface area contributed by atoms with Crippen LogP contribution in [-0.4, -0.2) is 46.3 Å². The third kappa shape index (κ3) is 4.05. The zero-order valence-corrected chi connectivity index (χ0v) is 8.51. The molecule has 1 rings (SSSR count). The lowest BCUT2D eigenvalue weighted by molar-refractivity contribution is -0.122. The Balaban J connectivity index is 2.31. The largest absolute Gasteiger partial charge is 0.390 e. The van der Waals surface area contributed by atoms with Crippen LogP contribution in [0.25, 0.3) is 0 Å². The number of aliphatic hydroxyl groups is 1. The topological polar surface area (TPSA) is 89.3 Å². The van der Waals surface area contributed by atoms with E-state index in [2.05, 4.69) is 15.6 Å². The second-order valence-electron chi connectivity index (χ2n) is 2.91. The summed E-state index contributed by atoms with van der Waals surface area (Å²) < 4.78 is 6.15. The second kappa shape index (κ2) is 6.10. The summed E-state index contributed by atoms with van der Waals surface area (Å²) in [5, 5.41) is 18.7. The van der Waals surface area contributed by atoms with Gasteiger partial charge < -0.3 is 15.2 Å². The molecule has 0 saturated heterocycles. The first-order valence-corrected chi connectivity index (χ1v) is 4.51. The molecule has 1 aromatic heterocycles. The van der Waals surface area contributed by atoms with E-state index in [1.165, 1.54) is 10.9 Å². The third-order valence-corrected chi connectivity index (χ3v) is 1.68. The number of aromatic nitrogens is 3. The van der Waals surface area contributed by atoms with Gasteiger partial charge in [-0.15, -0.1) is 5.10 Å². The van der Waals surface area contributed by atoms with Crippen molar-refractivity contribution in [3.63, 3.8) is 0 Å². The number of rotatable bonds is 6. The fraction of sp³-hybridized carbons (Fsp3) is 0.625. The molecular formula is C8H14N4O3. The monoisotopic (exact) mass is 214 g/mol. The van der Waals surface area contributed by atoms with Crippen molar-refractivity contribution in [3.05, 3.63) is 11.9 Å². The minimum absolute atomic E-state index is 0.0940. The predicted octanol–water partition coefficient (Wildman–Crippen LogP) is -1.47. The maximum Gasteiger partial charge on any atom is 0.241 e. The van der Waals surface area contributed by atoms with Crippen LogP contribution >= 0.6 is 0 Å². The quantitative estimate of drug-likeness (QED) is 0.564. The van der Waals surface area contributed by atoms with E-state index < -0.39 is 0 Å². The maximum absolute atomic E-state index is 11.3. The van der Waals surface area contributed by atoms with E-state index >= 15 is 0 Å². The Bertz CT molecular complexity index is 313. The van der Waals surface area contributed by atoms with Crippen LogP contribution in [-0.2, 0) is 22.7 Å². The molecule has 0 unspecified atom stereocenters. The van der Waals surface area contributed by atoms with Crippen molar-refractivity contribution in [2.24, 2.45) is 0 Å². The zero-order valence-electron chi connectivity index (χ0n) is 8.51. The summed E-state index contributed by atoms with van der Waals surface area (Å²) in [6, 6.07) is 0. The third-order valence-electron chi connectivity index (χ3n) is 1.68. The Kier molecular flexibility index (Phi) is 4.72. The Labute approximate surface area is 87.0 Å². The summed E-state index contributed by atoms with van der Waals surface area (Å²) in [5.41, 5.74) is 0.444. The minimum atomic E-state index is -0.175. The van der Waals surface area contributed by atoms with Gasteiger partial charge in [-0.05, 0) is 0 Å². The predicted molar refractivity (Wildman–Crippen MR) is 50.8 cm³/mol. The number of nitrogens with zero attached hydrogens (tertiary/aromatic N) is 3. The van der Waals surface area contributed by atoms with Gasteiger partial charge in [0.1, 0.15) is 12.2 Å². The van der Waals surface area contributed by atoms with Crippen molar-refractivity contribution in [1.82, 2.24) is 20.3 Å².